The van der Waals surface area contributed by atoms with E-state index in [-0.39, 0.29) is 16.5 Å². The van der Waals surface area contributed by atoms with Crippen molar-refractivity contribution in [1.29, 1.82) is 0 Å². The molecule has 2 aromatic rings. The molecule has 0 spiro atoms. The Bertz CT molecular complexity index is 853. The first kappa shape index (κ1) is 18.8. The molecule has 0 N–H and O–H groups in total. The summed E-state index contributed by atoms with van der Waals surface area (Å²) in [7, 11) is 0. The molecule has 6 nitrogen and oxygen atoms in total. The monoisotopic (exact) mass is 387 g/mol. The van der Waals surface area contributed by atoms with Crippen LogP contribution in [0.25, 0.3) is 0 Å². The summed E-state index contributed by atoms with van der Waals surface area (Å²) in [5, 5.41) is 0.253. The van der Waals surface area contributed by atoms with E-state index >= 15 is 0 Å². The average molecular weight is 388 g/mol. The Hall–Kier alpha value is -2.99. The Morgan fingerprint density at radius 3 is 2.67 bits per heavy atom. The lowest BCUT2D eigenvalue weighted by Crippen LogP contribution is -2.34. The number of carbonyl (C=O) groups excluding carboxylic acids is 2. The largest absolute Gasteiger partial charge is 0.486 e. The predicted molar refractivity (Wildman–Crippen MR) is 102 cm³/mol. The van der Waals surface area contributed by atoms with Crippen LogP contribution in [-0.2, 0) is 9.53 Å². The van der Waals surface area contributed by atoms with Crippen LogP contribution in [0.15, 0.2) is 55.1 Å². The van der Waals surface area contributed by atoms with E-state index in [2.05, 4.69) is 6.58 Å². The molecule has 2 aromatic carbocycles. The minimum atomic E-state index is -0.672. The molecule has 1 aliphatic rings. The Balaban J connectivity index is 1.68. The first-order valence-electron chi connectivity index (χ1n) is 8.32. The molecule has 0 bridgehead atoms. The summed E-state index contributed by atoms with van der Waals surface area (Å²) < 4.78 is 16.0. The Morgan fingerprint density at radius 2 is 1.93 bits per heavy atom. The molecule has 1 aliphatic heterocycles. The molecule has 0 atom stereocenters. The van der Waals surface area contributed by atoms with E-state index in [4.69, 9.17) is 25.8 Å². The van der Waals surface area contributed by atoms with E-state index in [0.717, 1.165) is 0 Å². The number of esters is 1. The van der Waals surface area contributed by atoms with Crippen molar-refractivity contribution in [3.8, 4) is 11.5 Å². The van der Waals surface area contributed by atoms with E-state index < -0.39 is 12.6 Å². The van der Waals surface area contributed by atoms with Gasteiger partial charge in [0.05, 0.1) is 10.6 Å². The van der Waals surface area contributed by atoms with Crippen LogP contribution in [0.3, 0.4) is 0 Å². The molecule has 0 fully saturated rings. The number of carbonyl (C=O) groups is 2. The lowest BCUT2D eigenvalue weighted by molar-refractivity contribution is -0.121. The third kappa shape index (κ3) is 4.41. The molecule has 0 aliphatic carbocycles. The zero-order valence-corrected chi connectivity index (χ0v) is 15.3. The zero-order valence-electron chi connectivity index (χ0n) is 14.5. The quantitative estimate of drug-likeness (QED) is 0.560. The van der Waals surface area contributed by atoms with E-state index in [0.29, 0.717) is 36.9 Å². The van der Waals surface area contributed by atoms with Crippen LogP contribution in [0.1, 0.15) is 10.4 Å². The smallest absolute Gasteiger partial charge is 0.338 e. The number of amides is 1. The van der Waals surface area contributed by atoms with Gasteiger partial charge >= 0.3 is 5.97 Å². The molecule has 0 radical (unpaired) electrons. The van der Waals surface area contributed by atoms with Crippen LogP contribution in [0.5, 0.6) is 11.5 Å². The minimum absolute atomic E-state index is 0.187. The van der Waals surface area contributed by atoms with Gasteiger partial charge in [-0.05, 0) is 24.3 Å². The highest BCUT2D eigenvalue weighted by atomic mass is 35.5. The number of hydrogen-bond acceptors (Lipinski definition) is 5. The standard InChI is InChI=1S/C20H18ClNO5/c1-2-8-22(15-6-4-3-5-7-15)18(23)13-27-20(24)14-11-16(21)19-17(12-14)25-9-10-26-19/h2-7,11-12H,1,8-10,13H2. The van der Waals surface area contributed by atoms with E-state index in [9.17, 15) is 9.59 Å². The molecule has 0 saturated carbocycles. The van der Waals surface area contributed by atoms with E-state index in [1.165, 1.54) is 17.0 Å². The zero-order chi connectivity index (χ0) is 19.2. The number of para-hydroxylation sites is 1. The van der Waals surface area contributed by atoms with Crippen molar-refractivity contribution in [3.05, 3.63) is 65.7 Å². The van der Waals surface area contributed by atoms with Gasteiger partial charge in [-0.1, -0.05) is 35.9 Å². The molecular weight excluding hydrogens is 370 g/mol. The number of ether oxygens (including phenoxy) is 3. The van der Waals surface area contributed by atoms with Crippen LogP contribution >= 0.6 is 11.6 Å². The van der Waals surface area contributed by atoms with Gasteiger partial charge in [-0.3, -0.25) is 4.79 Å². The highest BCUT2D eigenvalue weighted by Crippen LogP contribution is 2.38. The third-order valence-electron chi connectivity index (χ3n) is 3.84. The Kier molecular flexibility index (Phi) is 5.98. The van der Waals surface area contributed by atoms with Gasteiger partial charge in [0.25, 0.3) is 5.91 Å². The number of benzene rings is 2. The third-order valence-corrected chi connectivity index (χ3v) is 4.12. The van der Waals surface area contributed by atoms with Gasteiger partial charge in [0, 0.05) is 12.2 Å². The van der Waals surface area contributed by atoms with Gasteiger partial charge in [0.1, 0.15) is 13.2 Å². The summed E-state index contributed by atoms with van der Waals surface area (Å²) in [4.78, 5) is 26.3. The summed E-state index contributed by atoms with van der Waals surface area (Å²) in [5.41, 5.74) is 0.882. The summed E-state index contributed by atoms with van der Waals surface area (Å²) in [6.45, 7) is 4.31. The topological polar surface area (TPSA) is 65.1 Å². The van der Waals surface area contributed by atoms with Gasteiger partial charge in [0.2, 0.25) is 0 Å². The number of rotatable bonds is 6. The Labute approximate surface area is 161 Å². The Morgan fingerprint density at radius 1 is 1.19 bits per heavy atom. The first-order chi connectivity index (χ1) is 13.1. The van der Waals surface area contributed by atoms with Gasteiger partial charge in [0.15, 0.2) is 18.1 Å². The van der Waals surface area contributed by atoms with Crippen molar-refractivity contribution in [3.63, 3.8) is 0 Å². The van der Waals surface area contributed by atoms with Crippen molar-refractivity contribution < 1.29 is 23.8 Å². The van der Waals surface area contributed by atoms with Gasteiger partial charge in [-0.2, -0.15) is 0 Å². The maximum atomic E-state index is 12.5. The van der Waals surface area contributed by atoms with Crippen molar-refractivity contribution in [1.82, 2.24) is 0 Å². The van der Waals surface area contributed by atoms with E-state index in [1.807, 2.05) is 18.2 Å². The second-order valence-electron chi connectivity index (χ2n) is 5.69. The minimum Gasteiger partial charge on any atom is -0.486 e. The molecule has 1 heterocycles. The molecule has 0 unspecified atom stereocenters. The van der Waals surface area contributed by atoms with Gasteiger partial charge in [-0.25, -0.2) is 4.79 Å². The number of anilines is 1. The van der Waals surface area contributed by atoms with Crippen molar-refractivity contribution in [2.45, 2.75) is 0 Å². The van der Waals surface area contributed by atoms with Crippen LogP contribution in [0, 0.1) is 0 Å². The normalized spacial score (nSPS) is 12.2. The second kappa shape index (κ2) is 8.60. The second-order valence-corrected chi connectivity index (χ2v) is 6.09. The van der Waals surface area contributed by atoms with Crippen molar-refractivity contribution >= 4 is 29.2 Å². The number of fused-ring (bicyclic) bond motifs is 1. The molecule has 3 rings (SSSR count). The van der Waals surface area contributed by atoms with Crippen LogP contribution in [0.2, 0.25) is 5.02 Å². The van der Waals surface area contributed by atoms with Crippen molar-refractivity contribution in [2.75, 3.05) is 31.3 Å². The predicted octanol–water partition coefficient (Wildman–Crippen LogP) is 3.49. The van der Waals surface area contributed by atoms with E-state index in [1.54, 1.807) is 18.2 Å². The fraction of sp³-hybridized carbons (Fsp3) is 0.200. The summed E-state index contributed by atoms with van der Waals surface area (Å²) in [5.74, 6) is -0.256. The summed E-state index contributed by atoms with van der Waals surface area (Å²) in [6.07, 6.45) is 1.60. The lowest BCUT2D eigenvalue weighted by Gasteiger charge is -2.21. The number of nitrogens with zero attached hydrogens (tertiary/aromatic N) is 1. The van der Waals surface area contributed by atoms with Gasteiger partial charge in [-0.15, -0.1) is 6.58 Å². The molecule has 0 saturated heterocycles. The molecule has 0 aromatic heterocycles. The molecule has 140 valence electrons. The highest BCUT2D eigenvalue weighted by Gasteiger charge is 2.21. The van der Waals surface area contributed by atoms with Crippen LogP contribution in [0.4, 0.5) is 5.69 Å². The number of hydrogen-bond donors (Lipinski definition) is 0. The van der Waals surface area contributed by atoms with Gasteiger partial charge < -0.3 is 19.1 Å². The van der Waals surface area contributed by atoms with Crippen LogP contribution in [-0.4, -0.2) is 38.2 Å². The maximum absolute atomic E-state index is 12.5. The van der Waals surface area contributed by atoms with Crippen molar-refractivity contribution in [2.24, 2.45) is 0 Å². The summed E-state index contributed by atoms with van der Waals surface area (Å²) >= 11 is 6.13. The first-order valence-corrected chi connectivity index (χ1v) is 8.70. The fourth-order valence-corrected chi connectivity index (χ4v) is 2.87. The molecular formula is C20H18ClNO5. The lowest BCUT2D eigenvalue weighted by atomic mass is 10.2. The molecule has 7 heteroatoms. The average Bonchev–Trinajstić information content (AvgIpc) is 2.70. The summed E-state index contributed by atoms with van der Waals surface area (Å²) in [6, 6.07) is 12.0. The molecule has 1 amide bonds. The fourth-order valence-electron chi connectivity index (χ4n) is 2.61. The maximum Gasteiger partial charge on any atom is 0.338 e. The SMILES string of the molecule is C=CCN(C(=O)COC(=O)c1cc(Cl)c2c(c1)OCCO2)c1ccccc1. The number of halogens is 1. The molecule has 27 heavy (non-hydrogen) atoms. The highest BCUT2D eigenvalue weighted by molar-refractivity contribution is 6.32. The van der Waals surface area contributed by atoms with Crippen LogP contribution < -0.4 is 14.4 Å².